The van der Waals surface area contributed by atoms with Crippen LogP contribution in [-0.2, 0) is 0 Å². The highest BCUT2D eigenvalue weighted by Crippen LogP contribution is 2.41. The SMILES string of the molecule is Cc1cccc(OC2CC(C(C)(C)C)CCC2CN)c1C. The van der Waals surface area contributed by atoms with Gasteiger partial charge in [0.2, 0.25) is 0 Å². The zero-order valence-corrected chi connectivity index (χ0v) is 14.3. The van der Waals surface area contributed by atoms with Crippen molar-refractivity contribution < 1.29 is 4.74 Å². The Hall–Kier alpha value is -1.02. The standard InChI is InChI=1S/C19H31NO/c1-13-7-6-8-17(14(13)2)21-18-11-16(19(3,4)5)10-9-15(18)12-20/h6-8,15-16,18H,9-12,20H2,1-5H3. The maximum Gasteiger partial charge on any atom is 0.122 e. The van der Waals surface area contributed by atoms with Crippen molar-refractivity contribution >= 4 is 0 Å². The lowest BCUT2D eigenvalue weighted by Gasteiger charge is -2.41. The van der Waals surface area contributed by atoms with Crippen molar-refractivity contribution in [3.05, 3.63) is 29.3 Å². The van der Waals surface area contributed by atoms with Crippen LogP contribution in [0.1, 0.15) is 51.2 Å². The Balaban J connectivity index is 2.16. The van der Waals surface area contributed by atoms with Crippen LogP contribution < -0.4 is 10.5 Å². The second kappa shape index (κ2) is 6.39. The summed E-state index contributed by atoms with van der Waals surface area (Å²) in [6.07, 6.45) is 3.85. The minimum atomic E-state index is 0.258. The topological polar surface area (TPSA) is 35.2 Å². The number of nitrogens with two attached hydrogens (primary N) is 1. The Morgan fingerprint density at radius 3 is 2.52 bits per heavy atom. The molecule has 0 heterocycles. The molecule has 1 saturated carbocycles. The fourth-order valence-corrected chi connectivity index (χ4v) is 3.41. The molecule has 2 nitrogen and oxygen atoms in total. The van der Waals surface area contributed by atoms with E-state index in [0.29, 0.717) is 11.3 Å². The van der Waals surface area contributed by atoms with Crippen molar-refractivity contribution in [1.29, 1.82) is 0 Å². The van der Waals surface area contributed by atoms with Gasteiger partial charge in [0, 0.05) is 5.92 Å². The number of hydrogen-bond acceptors (Lipinski definition) is 2. The van der Waals surface area contributed by atoms with Crippen molar-refractivity contribution in [2.45, 2.75) is 60.0 Å². The molecule has 1 aromatic carbocycles. The van der Waals surface area contributed by atoms with E-state index in [9.17, 15) is 0 Å². The van der Waals surface area contributed by atoms with E-state index in [2.05, 4.69) is 52.8 Å². The number of ether oxygens (including phenoxy) is 1. The molecule has 0 spiro atoms. The van der Waals surface area contributed by atoms with E-state index < -0.39 is 0 Å². The van der Waals surface area contributed by atoms with Gasteiger partial charge in [0.25, 0.3) is 0 Å². The first-order chi connectivity index (χ1) is 9.82. The smallest absolute Gasteiger partial charge is 0.122 e. The van der Waals surface area contributed by atoms with Gasteiger partial charge in [-0.1, -0.05) is 32.9 Å². The van der Waals surface area contributed by atoms with Gasteiger partial charge in [-0.15, -0.1) is 0 Å². The van der Waals surface area contributed by atoms with E-state index in [4.69, 9.17) is 10.5 Å². The molecule has 0 aromatic heterocycles. The molecule has 0 aliphatic heterocycles. The minimum absolute atomic E-state index is 0.258. The molecule has 118 valence electrons. The molecular weight excluding hydrogens is 258 g/mol. The molecule has 0 saturated heterocycles. The Labute approximate surface area is 130 Å². The zero-order valence-electron chi connectivity index (χ0n) is 14.3. The maximum atomic E-state index is 6.42. The van der Waals surface area contributed by atoms with Crippen LogP contribution >= 0.6 is 0 Å². The normalized spacial score (nSPS) is 26.7. The van der Waals surface area contributed by atoms with Crippen LogP contribution in [0.4, 0.5) is 0 Å². The fraction of sp³-hybridized carbons (Fsp3) is 0.684. The van der Waals surface area contributed by atoms with Gasteiger partial charge in [-0.3, -0.25) is 0 Å². The zero-order chi connectivity index (χ0) is 15.6. The van der Waals surface area contributed by atoms with Crippen LogP contribution in [0.25, 0.3) is 0 Å². The highest BCUT2D eigenvalue weighted by Gasteiger charge is 2.36. The maximum absolute atomic E-state index is 6.42. The summed E-state index contributed by atoms with van der Waals surface area (Å²) in [6, 6.07) is 6.32. The number of rotatable bonds is 3. The summed E-state index contributed by atoms with van der Waals surface area (Å²) >= 11 is 0. The lowest BCUT2D eigenvalue weighted by Crippen LogP contribution is -2.41. The molecule has 21 heavy (non-hydrogen) atoms. The first kappa shape index (κ1) is 16.4. The third-order valence-corrected chi connectivity index (χ3v) is 5.29. The monoisotopic (exact) mass is 289 g/mol. The minimum Gasteiger partial charge on any atom is -0.490 e. The second-order valence-electron chi connectivity index (χ2n) is 7.73. The lowest BCUT2D eigenvalue weighted by molar-refractivity contribution is 0.0327. The van der Waals surface area contributed by atoms with Crippen molar-refractivity contribution in [3.8, 4) is 5.75 Å². The average molecular weight is 289 g/mol. The summed E-state index contributed by atoms with van der Waals surface area (Å²) < 4.78 is 6.42. The molecule has 0 radical (unpaired) electrons. The second-order valence-corrected chi connectivity index (χ2v) is 7.73. The summed E-state index contributed by atoms with van der Waals surface area (Å²) in [6.45, 7) is 12.0. The van der Waals surface area contributed by atoms with Crippen LogP contribution in [0, 0.1) is 31.1 Å². The third-order valence-electron chi connectivity index (χ3n) is 5.29. The molecule has 2 rings (SSSR count). The first-order valence-electron chi connectivity index (χ1n) is 8.26. The van der Waals surface area contributed by atoms with Crippen molar-refractivity contribution in [3.63, 3.8) is 0 Å². The number of hydrogen-bond donors (Lipinski definition) is 1. The van der Waals surface area contributed by atoms with Crippen LogP contribution in [0.5, 0.6) is 5.75 Å². The van der Waals surface area contributed by atoms with Crippen LogP contribution in [0.2, 0.25) is 0 Å². The Kier molecular flexibility index (Phi) is 4.98. The van der Waals surface area contributed by atoms with Crippen molar-refractivity contribution in [1.82, 2.24) is 0 Å². The van der Waals surface area contributed by atoms with E-state index >= 15 is 0 Å². The molecule has 2 N–H and O–H groups in total. The molecule has 3 unspecified atom stereocenters. The van der Waals surface area contributed by atoms with Gasteiger partial charge < -0.3 is 10.5 Å². The Bertz CT molecular complexity index is 475. The number of aryl methyl sites for hydroxylation is 1. The van der Waals surface area contributed by atoms with E-state index in [1.807, 2.05) is 0 Å². The molecule has 1 aromatic rings. The van der Waals surface area contributed by atoms with Crippen LogP contribution in [-0.4, -0.2) is 12.6 Å². The molecule has 3 atom stereocenters. The largest absolute Gasteiger partial charge is 0.490 e. The van der Waals surface area contributed by atoms with E-state index in [1.165, 1.54) is 24.0 Å². The van der Waals surface area contributed by atoms with Crippen molar-refractivity contribution in [2.75, 3.05) is 6.54 Å². The molecule has 0 amide bonds. The third kappa shape index (κ3) is 3.79. The van der Waals surface area contributed by atoms with Gasteiger partial charge in [-0.05, 0) is 68.2 Å². The highest BCUT2D eigenvalue weighted by molar-refractivity contribution is 5.38. The Morgan fingerprint density at radius 2 is 1.90 bits per heavy atom. The van der Waals surface area contributed by atoms with Crippen LogP contribution in [0.3, 0.4) is 0 Å². The summed E-state index contributed by atoms with van der Waals surface area (Å²) in [4.78, 5) is 0. The van der Waals surface area contributed by atoms with Gasteiger partial charge >= 0.3 is 0 Å². The predicted molar refractivity (Wildman–Crippen MR) is 89.7 cm³/mol. The predicted octanol–water partition coefficient (Wildman–Crippen LogP) is 4.47. The van der Waals surface area contributed by atoms with Crippen LogP contribution in [0.15, 0.2) is 18.2 Å². The van der Waals surface area contributed by atoms with E-state index in [-0.39, 0.29) is 6.10 Å². The van der Waals surface area contributed by atoms with Gasteiger partial charge in [0.1, 0.15) is 11.9 Å². The van der Waals surface area contributed by atoms with Crippen molar-refractivity contribution in [2.24, 2.45) is 23.0 Å². The molecule has 1 aliphatic rings. The number of benzene rings is 1. The Morgan fingerprint density at radius 1 is 1.19 bits per heavy atom. The summed E-state index contributed by atoms with van der Waals surface area (Å²) in [7, 11) is 0. The van der Waals surface area contributed by atoms with E-state index in [0.717, 1.165) is 24.6 Å². The van der Waals surface area contributed by atoms with Gasteiger partial charge in [-0.2, -0.15) is 0 Å². The first-order valence-corrected chi connectivity index (χ1v) is 8.26. The van der Waals surface area contributed by atoms with E-state index in [1.54, 1.807) is 0 Å². The summed E-state index contributed by atoms with van der Waals surface area (Å²) in [5.41, 5.74) is 8.89. The lowest BCUT2D eigenvalue weighted by atomic mass is 9.68. The molecule has 1 fully saturated rings. The molecule has 1 aliphatic carbocycles. The fourth-order valence-electron chi connectivity index (χ4n) is 3.41. The van der Waals surface area contributed by atoms with Gasteiger partial charge in [0.05, 0.1) is 0 Å². The van der Waals surface area contributed by atoms with Gasteiger partial charge in [0.15, 0.2) is 0 Å². The summed E-state index contributed by atoms with van der Waals surface area (Å²) in [5, 5.41) is 0. The highest BCUT2D eigenvalue weighted by atomic mass is 16.5. The molecule has 0 bridgehead atoms. The quantitative estimate of drug-likeness (QED) is 0.891. The molecular formula is C19H31NO. The summed E-state index contributed by atoms with van der Waals surface area (Å²) in [5.74, 6) is 2.24. The molecule has 2 heteroatoms. The van der Waals surface area contributed by atoms with Gasteiger partial charge in [-0.25, -0.2) is 0 Å². The average Bonchev–Trinajstić information content (AvgIpc) is 2.43.